The fraction of sp³-hybridized carbons (Fsp3) is 0.471. The fourth-order valence-electron chi connectivity index (χ4n) is 2.33. The summed E-state index contributed by atoms with van der Waals surface area (Å²) in [7, 11) is 0. The maximum atomic E-state index is 10.4. The molecule has 0 atom stereocenters. The SMILES string of the molecule is CCCOc1ccccc1-c1nn(C(C)(C)C)c(C)c1O. The number of ether oxygens (including phenoxy) is 1. The van der Waals surface area contributed by atoms with Crippen LogP contribution in [0.4, 0.5) is 0 Å². The lowest BCUT2D eigenvalue weighted by Gasteiger charge is -2.20. The molecule has 0 saturated heterocycles. The molecule has 21 heavy (non-hydrogen) atoms. The van der Waals surface area contributed by atoms with Crippen LogP contribution in [0.2, 0.25) is 0 Å². The van der Waals surface area contributed by atoms with Gasteiger partial charge in [0, 0.05) is 5.56 Å². The van der Waals surface area contributed by atoms with Crippen molar-refractivity contribution in [1.29, 1.82) is 0 Å². The molecule has 114 valence electrons. The molecule has 0 unspecified atom stereocenters. The third-order valence-corrected chi connectivity index (χ3v) is 3.32. The highest BCUT2D eigenvalue weighted by atomic mass is 16.5. The van der Waals surface area contributed by atoms with Crippen molar-refractivity contribution in [2.24, 2.45) is 0 Å². The van der Waals surface area contributed by atoms with Gasteiger partial charge in [-0.1, -0.05) is 19.1 Å². The van der Waals surface area contributed by atoms with Gasteiger partial charge in [-0.25, -0.2) is 0 Å². The highest BCUT2D eigenvalue weighted by molar-refractivity contribution is 5.73. The van der Waals surface area contributed by atoms with Crippen LogP contribution in [0.3, 0.4) is 0 Å². The monoisotopic (exact) mass is 288 g/mol. The Morgan fingerprint density at radius 2 is 1.90 bits per heavy atom. The van der Waals surface area contributed by atoms with Crippen LogP contribution < -0.4 is 4.74 Å². The van der Waals surface area contributed by atoms with E-state index in [1.807, 2.05) is 35.9 Å². The van der Waals surface area contributed by atoms with E-state index in [1.54, 1.807) is 0 Å². The van der Waals surface area contributed by atoms with E-state index in [1.165, 1.54) is 0 Å². The van der Waals surface area contributed by atoms with Gasteiger partial charge in [-0.3, -0.25) is 4.68 Å². The normalized spacial score (nSPS) is 11.7. The van der Waals surface area contributed by atoms with Crippen LogP contribution in [0, 0.1) is 6.92 Å². The van der Waals surface area contributed by atoms with Crippen LogP contribution in [0.5, 0.6) is 11.5 Å². The van der Waals surface area contributed by atoms with E-state index in [4.69, 9.17) is 4.74 Å². The van der Waals surface area contributed by atoms with Crippen molar-refractivity contribution in [1.82, 2.24) is 9.78 Å². The van der Waals surface area contributed by atoms with E-state index in [0.717, 1.165) is 23.4 Å². The standard InChI is InChI=1S/C17H24N2O2/c1-6-11-21-14-10-8-7-9-13(14)15-16(20)12(2)19(18-15)17(3,4)5/h7-10,20H,6,11H2,1-5H3. The molecule has 0 aliphatic rings. The van der Waals surface area contributed by atoms with Gasteiger partial charge in [0.1, 0.15) is 11.4 Å². The van der Waals surface area contributed by atoms with E-state index in [0.29, 0.717) is 12.3 Å². The van der Waals surface area contributed by atoms with Gasteiger partial charge in [-0.2, -0.15) is 5.10 Å². The maximum Gasteiger partial charge on any atom is 0.164 e. The van der Waals surface area contributed by atoms with Gasteiger partial charge in [0.15, 0.2) is 5.75 Å². The molecule has 0 fully saturated rings. The summed E-state index contributed by atoms with van der Waals surface area (Å²) in [6.07, 6.45) is 0.940. The van der Waals surface area contributed by atoms with Crippen molar-refractivity contribution < 1.29 is 9.84 Å². The molecule has 4 heteroatoms. The zero-order chi connectivity index (χ0) is 15.6. The zero-order valence-electron chi connectivity index (χ0n) is 13.5. The highest BCUT2D eigenvalue weighted by Gasteiger charge is 2.24. The summed E-state index contributed by atoms with van der Waals surface area (Å²) in [5.41, 5.74) is 1.99. The van der Waals surface area contributed by atoms with Crippen LogP contribution in [0.15, 0.2) is 24.3 Å². The summed E-state index contributed by atoms with van der Waals surface area (Å²) in [5.74, 6) is 0.977. The zero-order valence-corrected chi connectivity index (χ0v) is 13.5. The van der Waals surface area contributed by atoms with Gasteiger partial charge in [0.05, 0.1) is 17.8 Å². The number of para-hydroxylation sites is 1. The van der Waals surface area contributed by atoms with E-state index < -0.39 is 0 Å². The molecule has 0 spiro atoms. The van der Waals surface area contributed by atoms with Gasteiger partial charge in [-0.15, -0.1) is 0 Å². The van der Waals surface area contributed by atoms with Crippen molar-refractivity contribution in [2.75, 3.05) is 6.61 Å². The highest BCUT2D eigenvalue weighted by Crippen LogP contribution is 2.38. The predicted molar refractivity (Wildman–Crippen MR) is 84.8 cm³/mol. The molecule has 0 aliphatic carbocycles. The molecule has 1 heterocycles. The average molecular weight is 288 g/mol. The Balaban J connectivity index is 2.53. The summed E-state index contributed by atoms with van der Waals surface area (Å²) in [6, 6.07) is 7.70. The quantitative estimate of drug-likeness (QED) is 0.921. The Morgan fingerprint density at radius 3 is 2.48 bits per heavy atom. The van der Waals surface area contributed by atoms with Crippen molar-refractivity contribution in [3.05, 3.63) is 30.0 Å². The average Bonchev–Trinajstić information content (AvgIpc) is 2.73. The first kappa shape index (κ1) is 15.4. The summed E-state index contributed by atoms with van der Waals surface area (Å²) in [4.78, 5) is 0. The third kappa shape index (κ3) is 3.04. The van der Waals surface area contributed by atoms with Crippen LogP contribution in [0.1, 0.15) is 39.8 Å². The number of hydrogen-bond donors (Lipinski definition) is 1. The summed E-state index contributed by atoms with van der Waals surface area (Å²) >= 11 is 0. The second-order valence-corrected chi connectivity index (χ2v) is 6.21. The molecule has 0 bridgehead atoms. The van der Waals surface area contributed by atoms with Crippen LogP contribution in [-0.4, -0.2) is 21.5 Å². The second-order valence-electron chi connectivity index (χ2n) is 6.21. The number of nitrogens with zero attached hydrogens (tertiary/aromatic N) is 2. The lowest BCUT2D eigenvalue weighted by Crippen LogP contribution is -2.24. The van der Waals surface area contributed by atoms with Gasteiger partial charge >= 0.3 is 0 Å². The molecule has 1 N–H and O–H groups in total. The Morgan fingerprint density at radius 1 is 1.24 bits per heavy atom. The number of aromatic hydroxyl groups is 1. The number of aromatic nitrogens is 2. The lowest BCUT2D eigenvalue weighted by atomic mass is 10.1. The summed E-state index contributed by atoms with van der Waals surface area (Å²) < 4.78 is 7.63. The molecular formula is C17H24N2O2. The van der Waals surface area contributed by atoms with E-state index in [2.05, 4.69) is 32.8 Å². The molecule has 0 saturated carbocycles. The minimum Gasteiger partial charge on any atom is -0.504 e. The molecule has 2 rings (SSSR count). The minimum atomic E-state index is -0.182. The van der Waals surface area contributed by atoms with Gasteiger partial charge in [0.25, 0.3) is 0 Å². The number of rotatable bonds is 4. The summed E-state index contributed by atoms with van der Waals surface area (Å²) in [5, 5.41) is 15.1. The van der Waals surface area contributed by atoms with E-state index >= 15 is 0 Å². The predicted octanol–water partition coefficient (Wildman–Crippen LogP) is 4.11. The van der Waals surface area contributed by atoms with Gasteiger partial charge < -0.3 is 9.84 Å². The third-order valence-electron chi connectivity index (χ3n) is 3.32. The minimum absolute atomic E-state index is 0.182. The maximum absolute atomic E-state index is 10.4. The van der Waals surface area contributed by atoms with Crippen LogP contribution in [-0.2, 0) is 5.54 Å². The van der Waals surface area contributed by atoms with Crippen molar-refractivity contribution >= 4 is 0 Å². The van der Waals surface area contributed by atoms with Gasteiger partial charge in [0.2, 0.25) is 0 Å². The van der Waals surface area contributed by atoms with E-state index in [9.17, 15) is 5.11 Å². The molecule has 0 amide bonds. The fourth-order valence-corrected chi connectivity index (χ4v) is 2.33. The largest absolute Gasteiger partial charge is 0.504 e. The Labute approximate surface area is 126 Å². The Hall–Kier alpha value is -1.97. The smallest absolute Gasteiger partial charge is 0.164 e. The van der Waals surface area contributed by atoms with Crippen LogP contribution in [0.25, 0.3) is 11.3 Å². The van der Waals surface area contributed by atoms with E-state index in [-0.39, 0.29) is 11.3 Å². The van der Waals surface area contributed by atoms with Crippen molar-refractivity contribution in [3.63, 3.8) is 0 Å². The number of benzene rings is 1. The lowest BCUT2D eigenvalue weighted by molar-refractivity contribution is 0.318. The Kier molecular flexibility index (Phi) is 4.26. The molecule has 0 aliphatic heterocycles. The Bertz CT molecular complexity index is 624. The molecular weight excluding hydrogens is 264 g/mol. The molecule has 1 aromatic carbocycles. The molecule has 1 aromatic heterocycles. The van der Waals surface area contributed by atoms with Gasteiger partial charge in [-0.05, 0) is 46.2 Å². The first-order chi connectivity index (χ1) is 9.86. The second kappa shape index (κ2) is 5.80. The van der Waals surface area contributed by atoms with Crippen LogP contribution >= 0.6 is 0 Å². The van der Waals surface area contributed by atoms with Crippen molar-refractivity contribution in [2.45, 2.75) is 46.6 Å². The topological polar surface area (TPSA) is 47.3 Å². The number of hydrogen-bond acceptors (Lipinski definition) is 3. The molecule has 0 radical (unpaired) electrons. The first-order valence-electron chi connectivity index (χ1n) is 7.37. The molecule has 4 nitrogen and oxygen atoms in total. The first-order valence-corrected chi connectivity index (χ1v) is 7.37. The van der Waals surface area contributed by atoms with Crippen molar-refractivity contribution in [3.8, 4) is 22.8 Å². The molecule has 2 aromatic rings. The summed E-state index contributed by atoms with van der Waals surface area (Å²) in [6.45, 7) is 10.8.